The van der Waals surface area contributed by atoms with Gasteiger partial charge in [-0.05, 0) is 47.7 Å². The van der Waals surface area contributed by atoms with Crippen molar-refractivity contribution in [2.75, 3.05) is 6.61 Å². The Balaban J connectivity index is 1.81. The number of carbonyl (C=O) groups is 1. The first kappa shape index (κ1) is 26.1. The molecule has 0 saturated heterocycles. The number of nitrogens with zero attached hydrogens (tertiary/aromatic N) is 2. The molecule has 0 N–H and O–H groups in total. The highest BCUT2D eigenvalue weighted by molar-refractivity contribution is 9.10. The molecule has 3 aromatic carbocycles. The average Bonchev–Trinajstić information content (AvgIpc) is 3.24. The summed E-state index contributed by atoms with van der Waals surface area (Å²) in [6.07, 6.45) is 1.87. The third-order valence-corrected chi connectivity index (χ3v) is 7.97. The zero-order valence-electron chi connectivity index (χ0n) is 21.4. The van der Waals surface area contributed by atoms with Gasteiger partial charge in [0, 0.05) is 10.0 Å². The van der Waals surface area contributed by atoms with Gasteiger partial charge >= 0.3 is 5.97 Å². The third kappa shape index (κ3) is 5.08. The summed E-state index contributed by atoms with van der Waals surface area (Å²) in [6.45, 7) is 6.27. The molecule has 0 bridgehead atoms. The number of halogens is 1. The number of hydrogen-bond acceptors (Lipinski definition) is 5. The Bertz CT molecular complexity index is 1680. The van der Waals surface area contributed by atoms with E-state index in [1.165, 1.54) is 16.9 Å². The van der Waals surface area contributed by atoms with Crippen LogP contribution in [-0.4, -0.2) is 17.1 Å². The largest absolute Gasteiger partial charge is 0.463 e. The second-order valence-corrected chi connectivity index (χ2v) is 11.2. The quantitative estimate of drug-likeness (QED) is 0.267. The predicted octanol–water partition coefficient (Wildman–Crippen LogP) is 5.82. The zero-order chi connectivity index (χ0) is 26.8. The van der Waals surface area contributed by atoms with Crippen LogP contribution in [0.2, 0.25) is 0 Å². The minimum atomic E-state index is -0.672. The lowest BCUT2D eigenvalue weighted by molar-refractivity contribution is -0.138. The molecule has 0 unspecified atom stereocenters. The Hall–Kier alpha value is -3.55. The van der Waals surface area contributed by atoms with Gasteiger partial charge in [0.05, 0.1) is 28.5 Å². The topological polar surface area (TPSA) is 60.7 Å². The van der Waals surface area contributed by atoms with E-state index in [2.05, 4.69) is 41.9 Å². The summed E-state index contributed by atoms with van der Waals surface area (Å²) in [5, 5.41) is 0. The lowest BCUT2D eigenvalue weighted by atomic mass is 9.91. The highest BCUT2D eigenvalue weighted by atomic mass is 79.9. The van der Waals surface area contributed by atoms with Gasteiger partial charge < -0.3 is 4.74 Å². The Morgan fingerprint density at radius 1 is 1.05 bits per heavy atom. The Labute approximate surface area is 233 Å². The molecule has 5 rings (SSSR count). The first-order valence-electron chi connectivity index (χ1n) is 12.5. The Morgan fingerprint density at radius 2 is 1.74 bits per heavy atom. The fourth-order valence-corrected chi connectivity index (χ4v) is 5.79. The summed E-state index contributed by atoms with van der Waals surface area (Å²) in [7, 11) is 0. The van der Waals surface area contributed by atoms with Crippen LogP contribution < -0.4 is 14.9 Å². The van der Waals surface area contributed by atoms with Crippen LogP contribution in [0, 0.1) is 0 Å². The molecular formula is C31H27BrN2O3S. The van der Waals surface area contributed by atoms with Crippen molar-refractivity contribution < 1.29 is 9.53 Å². The number of fused-ring (bicyclic) bond motifs is 1. The molecule has 2 heterocycles. The molecule has 0 amide bonds. The van der Waals surface area contributed by atoms with Crippen LogP contribution in [0.3, 0.4) is 0 Å². The Morgan fingerprint density at radius 3 is 2.37 bits per heavy atom. The number of aromatic nitrogens is 1. The summed E-state index contributed by atoms with van der Waals surface area (Å²) >= 11 is 4.78. The molecule has 0 saturated carbocycles. The number of rotatable bonds is 6. The second-order valence-electron chi connectivity index (χ2n) is 9.30. The van der Waals surface area contributed by atoms with Crippen LogP contribution in [0.5, 0.6) is 0 Å². The first-order chi connectivity index (χ1) is 18.4. The molecule has 1 aliphatic rings. The van der Waals surface area contributed by atoms with E-state index in [0.29, 0.717) is 26.5 Å². The molecule has 0 aliphatic carbocycles. The van der Waals surface area contributed by atoms with Crippen molar-refractivity contribution in [1.29, 1.82) is 0 Å². The molecule has 4 aromatic rings. The van der Waals surface area contributed by atoms with Gasteiger partial charge in [-0.15, -0.1) is 0 Å². The number of ether oxygens (including phenoxy) is 1. The molecule has 192 valence electrons. The molecule has 7 heteroatoms. The van der Waals surface area contributed by atoms with Crippen molar-refractivity contribution in [2.45, 2.75) is 32.7 Å². The van der Waals surface area contributed by atoms with Gasteiger partial charge in [-0.1, -0.05) is 108 Å². The van der Waals surface area contributed by atoms with Crippen molar-refractivity contribution in [3.05, 3.63) is 131 Å². The molecule has 0 spiro atoms. The van der Waals surface area contributed by atoms with Gasteiger partial charge in [0.1, 0.15) is 0 Å². The normalized spacial score (nSPS) is 15.4. The van der Waals surface area contributed by atoms with Crippen LogP contribution in [-0.2, 0) is 9.53 Å². The zero-order valence-corrected chi connectivity index (χ0v) is 23.8. The van der Waals surface area contributed by atoms with E-state index in [9.17, 15) is 9.59 Å². The standard InChI is InChI=1S/C31H27BrN2O3S/c1-4-37-30(36)26-27(22-8-6-5-7-9-22)33-31-34(28(26)23-14-12-21(13-15-23)19(2)3)29(35)25(38-31)18-20-10-16-24(32)17-11-20/h5-19,28H,4H2,1-3H3/b25-18-/t28-/m1/s1. The van der Waals surface area contributed by atoms with Crippen LogP contribution in [0.1, 0.15) is 55.0 Å². The maximum absolute atomic E-state index is 13.9. The van der Waals surface area contributed by atoms with E-state index < -0.39 is 12.0 Å². The lowest BCUT2D eigenvalue weighted by Crippen LogP contribution is -2.40. The minimum Gasteiger partial charge on any atom is -0.463 e. The van der Waals surface area contributed by atoms with E-state index in [1.807, 2.05) is 72.8 Å². The van der Waals surface area contributed by atoms with Crippen molar-refractivity contribution in [3.8, 4) is 0 Å². The summed E-state index contributed by atoms with van der Waals surface area (Å²) in [5.74, 6) is -0.118. The van der Waals surface area contributed by atoms with Crippen LogP contribution >= 0.6 is 27.3 Å². The highest BCUT2D eigenvalue weighted by Gasteiger charge is 2.35. The first-order valence-corrected chi connectivity index (χ1v) is 14.1. The van der Waals surface area contributed by atoms with E-state index in [0.717, 1.165) is 21.2 Å². The molecule has 1 aliphatic heterocycles. The number of thiazole rings is 1. The maximum Gasteiger partial charge on any atom is 0.338 e. The summed E-state index contributed by atoms with van der Waals surface area (Å²) in [4.78, 5) is 32.9. The Kier molecular flexibility index (Phi) is 7.58. The van der Waals surface area contributed by atoms with Gasteiger partial charge in [0.15, 0.2) is 4.80 Å². The van der Waals surface area contributed by atoms with Crippen LogP contribution in [0.4, 0.5) is 0 Å². The average molecular weight is 588 g/mol. The fraction of sp³-hybridized carbons (Fsp3) is 0.194. The lowest BCUT2D eigenvalue weighted by Gasteiger charge is -2.26. The summed E-state index contributed by atoms with van der Waals surface area (Å²) in [5.41, 5.74) is 4.41. The molecule has 1 aromatic heterocycles. The summed E-state index contributed by atoms with van der Waals surface area (Å²) in [6, 6.07) is 24.8. The number of esters is 1. The van der Waals surface area contributed by atoms with E-state index in [1.54, 1.807) is 11.5 Å². The molecule has 38 heavy (non-hydrogen) atoms. The van der Waals surface area contributed by atoms with Gasteiger partial charge in [-0.2, -0.15) is 0 Å². The van der Waals surface area contributed by atoms with E-state index in [-0.39, 0.29) is 12.2 Å². The van der Waals surface area contributed by atoms with Crippen LogP contribution in [0.15, 0.2) is 98.7 Å². The molecular weight excluding hydrogens is 560 g/mol. The van der Waals surface area contributed by atoms with Gasteiger partial charge in [-0.25, -0.2) is 9.79 Å². The SMILES string of the molecule is CCOC(=O)C1=C(c2ccccc2)N=c2s/c(=C\c3ccc(Br)cc3)c(=O)n2[C@@H]1c1ccc(C(C)C)cc1. The van der Waals surface area contributed by atoms with Crippen molar-refractivity contribution in [2.24, 2.45) is 4.99 Å². The number of carbonyl (C=O) groups excluding carboxylic acids is 1. The van der Waals surface area contributed by atoms with E-state index in [4.69, 9.17) is 9.73 Å². The smallest absolute Gasteiger partial charge is 0.338 e. The third-order valence-electron chi connectivity index (χ3n) is 6.46. The molecule has 0 radical (unpaired) electrons. The van der Waals surface area contributed by atoms with Crippen molar-refractivity contribution in [3.63, 3.8) is 0 Å². The van der Waals surface area contributed by atoms with Crippen molar-refractivity contribution in [1.82, 2.24) is 4.57 Å². The molecule has 5 nitrogen and oxygen atoms in total. The van der Waals surface area contributed by atoms with E-state index >= 15 is 0 Å². The maximum atomic E-state index is 13.9. The predicted molar refractivity (Wildman–Crippen MR) is 156 cm³/mol. The van der Waals surface area contributed by atoms with Crippen molar-refractivity contribution >= 4 is 45.0 Å². The number of hydrogen-bond donors (Lipinski definition) is 0. The minimum absolute atomic E-state index is 0.191. The fourth-order valence-electron chi connectivity index (χ4n) is 4.53. The summed E-state index contributed by atoms with van der Waals surface area (Å²) < 4.78 is 8.69. The number of benzene rings is 3. The molecule has 1 atom stereocenters. The van der Waals surface area contributed by atoms with Gasteiger partial charge in [0.25, 0.3) is 5.56 Å². The second kappa shape index (κ2) is 11.1. The molecule has 0 fully saturated rings. The van der Waals surface area contributed by atoms with Crippen LogP contribution in [0.25, 0.3) is 11.8 Å². The van der Waals surface area contributed by atoms with Gasteiger partial charge in [-0.3, -0.25) is 9.36 Å². The van der Waals surface area contributed by atoms with Gasteiger partial charge in [0.2, 0.25) is 0 Å². The monoisotopic (exact) mass is 586 g/mol. The highest BCUT2D eigenvalue weighted by Crippen LogP contribution is 2.35.